The summed E-state index contributed by atoms with van der Waals surface area (Å²) in [6, 6.07) is 6.76. The molecule has 0 saturated carbocycles. The lowest BCUT2D eigenvalue weighted by Gasteiger charge is -2.23. The van der Waals surface area contributed by atoms with Crippen LogP contribution in [0.15, 0.2) is 23.1 Å². The number of nitriles is 1. The predicted molar refractivity (Wildman–Crippen MR) is 72.1 cm³/mol. The summed E-state index contributed by atoms with van der Waals surface area (Å²) in [6.45, 7) is 3.25. The van der Waals surface area contributed by atoms with Gasteiger partial charge in [-0.25, -0.2) is 8.42 Å². The Morgan fingerprint density at radius 1 is 1.44 bits per heavy atom. The number of nitrogens with two attached hydrogens (primary N) is 1. The fraction of sp³-hybridized carbons (Fsp3) is 0.417. The van der Waals surface area contributed by atoms with Gasteiger partial charge < -0.3 is 10.6 Å². The summed E-state index contributed by atoms with van der Waals surface area (Å²) in [6.07, 6.45) is 1.55. The highest BCUT2D eigenvalue weighted by Gasteiger charge is 2.12. The van der Waals surface area contributed by atoms with Gasteiger partial charge in [-0.05, 0) is 25.1 Å². The lowest BCUT2D eigenvalue weighted by atomic mass is 10.2. The zero-order valence-corrected chi connectivity index (χ0v) is 11.4. The van der Waals surface area contributed by atoms with Crippen LogP contribution < -0.4 is 10.6 Å². The zero-order valence-electron chi connectivity index (χ0n) is 10.5. The first-order chi connectivity index (χ1) is 8.40. The van der Waals surface area contributed by atoms with E-state index >= 15 is 0 Å². The van der Waals surface area contributed by atoms with E-state index in [1.807, 2.05) is 11.8 Å². The van der Waals surface area contributed by atoms with Gasteiger partial charge in [-0.1, -0.05) is 0 Å². The normalized spacial score (nSPS) is 10.9. The van der Waals surface area contributed by atoms with Gasteiger partial charge in [-0.2, -0.15) is 5.26 Å². The maximum absolute atomic E-state index is 11.4. The van der Waals surface area contributed by atoms with Gasteiger partial charge in [0.2, 0.25) is 0 Å². The third kappa shape index (κ3) is 3.37. The van der Waals surface area contributed by atoms with Crippen LogP contribution in [0.25, 0.3) is 0 Å². The number of nitrogens with zero attached hydrogens (tertiary/aromatic N) is 2. The van der Waals surface area contributed by atoms with E-state index in [1.165, 1.54) is 12.1 Å². The summed E-state index contributed by atoms with van der Waals surface area (Å²) in [5.74, 6) is 0. The van der Waals surface area contributed by atoms with E-state index in [-0.39, 0.29) is 4.90 Å². The average molecular weight is 267 g/mol. The second-order valence-corrected chi connectivity index (χ2v) is 6.00. The van der Waals surface area contributed by atoms with Crippen molar-refractivity contribution in [2.45, 2.75) is 18.2 Å². The molecule has 0 aliphatic carbocycles. The first kappa shape index (κ1) is 14.3. The minimum atomic E-state index is -3.24. The number of benzene rings is 1. The Bertz CT molecular complexity index is 561. The summed E-state index contributed by atoms with van der Waals surface area (Å²) < 4.78 is 22.8. The van der Waals surface area contributed by atoms with E-state index in [1.54, 1.807) is 6.07 Å². The molecule has 0 aromatic heterocycles. The van der Waals surface area contributed by atoms with E-state index in [9.17, 15) is 8.42 Å². The number of anilines is 2. The molecule has 0 radical (unpaired) electrons. The molecule has 0 atom stereocenters. The molecule has 0 amide bonds. The smallest absolute Gasteiger partial charge is 0.175 e. The molecule has 0 aliphatic heterocycles. The van der Waals surface area contributed by atoms with Crippen LogP contribution in [0, 0.1) is 11.3 Å². The van der Waals surface area contributed by atoms with Crippen molar-refractivity contribution in [1.29, 1.82) is 5.26 Å². The van der Waals surface area contributed by atoms with Crippen molar-refractivity contribution in [3.8, 4) is 6.07 Å². The number of nitrogen functional groups attached to an aromatic ring is 1. The zero-order chi connectivity index (χ0) is 13.8. The molecule has 1 rings (SSSR count). The van der Waals surface area contributed by atoms with Crippen molar-refractivity contribution in [2.24, 2.45) is 0 Å². The number of rotatable bonds is 5. The Hall–Kier alpha value is -1.74. The molecule has 2 N–H and O–H groups in total. The van der Waals surface area contributed by atoms with Gasteiger partial charge in [-0.3, -0.25) is 0 Å². The minimum absolute atomic E-state index is 0.208. The molecule has 1 aromatic carbocycles. The van der Waals surface area contributed by atoms with Crippen molar-refractivity contribution < 1.29 is 8.42 Å². The number of hydrogen-bond donors (Lipinski definition) is 1. The quantitative estimate of drug-likeness (QED) is 0.815. The summed E-state index contributed by atoms with van der Waals surface area (Å²) in [7, 11) is -3.24. The highest BCUT2D eigenvalue weighted by atomic mass is 32.2. The van der Waals surface area contributed by atoms with Gasteiger partial charge in [0.25, 0.3) is 0 Å². The first-order valence-corrected chi connectivity index (χ1v) is 7.50. The summed E-state index contributed by atoms with van der Waals surface area (Å²) in [5.41, 5.74) is 7.06. The highest BCUT2D eigenvalue weighted by Crippen LogP contribution is 2.26. The molecular weight excluding hydrogens is 250 g/mol. The van der Waals surface area contributed by atoms with E-state index in [0.29, 0.717) is 25.2 Å². The lowest BCUT2D eigenvalue weighted by molar-refractivity contribution is 0.602. The molecule has 0 bridgehead atoms. The number of hydrogen-bond acceptors (Lipinski definition) is 5. The second-order valence-electron chi connectivity index (χ2n) is 3.98. The van der Waals surface area contributed by atoms with E-state index in [2.05, 4.69) is 6.07 Å². The van der Waals surface area contributed by atoms with Crippen LogP contribution in [0.3, 0.4) is 0 Å². The molecule has 0 fully saturated rings. The van der Waals surface area contributed by atoms with Crippen molar-refractivity contribution >= 4 is 21.2 Å². The van der Waals surface area contributed by atoms with Crippen LogP contribution in [-0.2, 0) is 9.84 Å². The standard InChI is InChI=1S/C12H17N3O2S/c1-3-15(8-4-7-13)12-6-5-10(9-11(12)14)18(2,16)17/h5-6,9H,3-4,8,14H2,1-2H3. The van der Waals surface area contributed by atoms with Gasteiger partial charge >= 0.3 is 0 Å². The van der Waals surface area contributed by atoms with Gasteiger partial charge in [0.1, 0.15) is 0 Å². The third-order valence-electron chi connectivity index (χ3n) is 2.64. The van der Waals surface area contributed by atoms with Crippen LogP contribution in [-0.4, -0.2) is 27.8 Å². The molecule has 0 unspecified atom stereocenters. The highest BCUT2D eigenvalue weighted by molar-refractivity contribution is 7.90. The minimum Gasteiger partial charge on any atom is -0.397 e. The van der Waals surface area contributed by atoms with Crippen LogP contribution in [0.4, 0.5) is 11.4 Å². The maximum atomic E-state index is 11.4. The Morgan fingerprint density at radius 3 is 2.56 bits per heavy atom. The Kier molecular flexibility index (Phi) is 4.56. The molecule has 0 spiro atoms. The number of sulfone groups is 1. The molecule has 0 saturated heterocycles. The molecule has 1 aromatic rings. The lowest BCUT2D eigenvalue weighted by Crippen LogP contribution is -2.24. The van der Waals surface area contributed by atoms with Crippen LogP contribution in [0.2, 0.25) is 0 Å². The molecule has 0 aliphatic rings. The van der Waals surface area contributed by atoms with Crippen molar-refractivity contribution in [1.82, 2.24) is 0 Å². The predicted octanol–water partition coefficient (Wildman–Crippen LogP) is 1.41. The SMILES string of the molecule is CCN(CCC#N)c1ccc(S(C)(=O)=O)cc1N. The Balaban J connectivity index is 3.08. The summed E-state index contributed by atoms with van der Waals surface area (Å²) in [5, 5.41) is 8.59. The monoisotopic (exact) mass is 267 g/mol. The molecular formula is C12H17N3O2S. The van der Waals surface area contributed by atoms with E-state index < -0.39 is 9.84 Å². The molecule has 6 heteroatoms. The second kappa shape index (κ2) is 5.74. The topological polar surface area (TPSA) is 87.2 Å². The molecule has 18 heavy (non-hydrogen) atoms. The Labute approximate surface area is 108 Å². The van der Waals surface area contributed by atoms with E-state index in [4.69, 9.17) is 11.0 Å². The molecule has 0 heterocycles. The van der Waals surface area contributed by atoms with Gasteiger partial charge in [-0.15, -0.1) is 0 Å². The van der Waals surface area contributed by atoms with Crippen molar-refractivity contribution in [3.63, 3.8) is 0 Å². The van der Waals surface area contributed by atoms with Crippen molar-refractivity contribution in [2.75, 3.05) is 30.0 Å². The van der Waals surface area contributed by atoms with Gasteiger partial charge in [0.05, 0.1) is 28.8 Å². The van der Waals surface area contributed by atoms with Crippen LogP contribution >= 0.6 is 0 Å². The fourth-order valence-electron chi connectivity index (χ4n) is 1.69. The largest absolute Gasteiger partial charge is 0.397 e. The third-order valence-corrected chi connectivity index (χ3v) is 3.75. The molecule has 5 nitrogen and oxygen atoms in total. The first-order valence-electron chi connectivity index (χ1n) is 5.61. The van der Waals surface area contributed by atoms with Crippen LogP contribution in [0.1, 0.15) is 13.3 Å². The molecule has 98 valence electrons. The summed E-state index contributed by atoms with van der Waals surface area (Å²) >= 11 is 0. The Morgan fingerprint density at radius 2 is 2.11 bits per heavy atom. The van der Waals surface area contributed by atoms with Gasteiger partial charge in [0.15, 0.2) is 9.84 Å². The summed E-state index contributed by atoms with van der Waals surface area (Å²) in [4.78, 5) is 2.16. The van der Waals surface area contributed by atoms with Crippen LogP contribution in [0.5, 0.6) is 0 Å². The van der Waals surface area contributed by atoms with Crippen molar-refractivity contribution in [3.05, 3.63) is 18.2 Å². The average Bonchev–Trinajstić information content (AvgIpc) is 2.30. The van der Waals surface area contributed by atoms with Gasteiger partial charge in [0, 0.05) is 19.3 Å². The fourth-order valence-corrected chi connectivity index (χ4v) is 2.34. The maximum Gasteiger partial charge on any atom is 0.175 e. The van der Waals surface area contributed by atoms with E-state index in [0.717, 1.165) is 11.9 Å².